The highest BCUT2D eigenvalue weighted by Gasteiger charge is 2.18. The lowest BCUT2D eigenvalue weighted by atomic mass is 10.2. The first-order valence-electron chi connectivity index (χ1n) is 5.43. The molecule has 5 heteroatoms. The van der Waals surface area contributed by atoms with Gasteiger partial charge in [-0.15, -0.1) is 0 Å². The Morgan fingerprint density at radius 2 is 2.00 bits per heavy atom. The Morgan fingerprint density at radius 3 is 2.38 bits per heavy atom. The van der Waals surface area contributed by atoms with Gasteiger partial charge < -0.3 is 9.53 Å². The lowest BCUT2D eigenvalue weighted by molar-refractivity contribution is -0.109. The van der Waals surface area contributed by atoms with Crippen molar-refractivity contribution in [2.75, 3.05) is 13.1 Å². The molecule has 0 aromatic heterocycles. The van der Waals surface area contributed by atoms with Crippen LogP contribution in [0.1, 0.15) is 34.6 Å². The number of nitrogens with one attached hydrogen (secondary N) is 1. The average Bonchev–Trinajstić information content (AvgIpc) is 1.98. The fraction of sp³-hybridized carbons (Fsp3) is 0.818. The van der Waals surface area contributed by atoms with Crippen molar-refractivity contribution in [3.05, 3.63) is 0 Å². The van der Waals surface area contributed by atoms with E-state index in [-0.39, 0.29) is 6.54 Å². The van der Waals surface area contributed by atoms with Crippen LogP contribution in [0.3, 0.4) is 0 Å². The summed E-state index contributed by atoms with van der Waals surface area (Å²) >= 11 is 0. The first-order valence-corrected chi connectivity index (χ1v) is 5.43. The minimum absolute atomic E-state index is 0.164. The molecule has 0 rings (SSSR count). The normalized spacial score (nSPS) is 11.7. The van der Waals surface area contributed by atoms with Crippen LogP contribution in [-0.2, 0) is 9.53 Å². The van der Waals surface area contributed by atoms with Gasteiger partial charge in [0.05, 0.1) is 6.54 Å². The van der Waals surface area contributed by atoms with E-state index in [9.17, 15) is 9.59 Å². The fourth-order valence-electron chi connectivity index (χ4n) is 1.13. The Labute approximate surface area is 97.1 Å². The molecule has 0 atom stereocenters. The van der Waals surface area contributed by atoms with E-state index in [2.05, 4.69) is 5.43 Å². The maximum atomic E-state index is 11.4. The molecule has 1 N–H and O–H groups in total. The molecular formula is C11H22N2O3. The lowest BCUT2D eigenvalue weighted by Crippen LogP contribution is -2.47. The van der Waals surface area contributed by atoms with Crippen LogP contribution in [0.5, 0.6) is 0 Å². The number of carbonyl (C=O) groups is 2. The summed E-state index contributed by atoms with van der Waals surface area (Å²) in [5.41, 5.74) is 2.01. The van der Waals surface area contributed by atoms with Gasteiger partial charge in [-0.25, -0.2) is 9.80 Å². The Hall–Kier alpha value is -1.10. The first-order chi connectivity index (χ1) is 7.24. The minimum Gasteiger partial charge on any atom is -0.443 e. The van der Waals surface area contributed by atoms with Crippen LogP contribution >= 0.6 is 0 Å². The van der Waals surface area contributed by atoms with E-state index < -0.39 is 11.7 Å². The maximum Gasteiger partial charge on any atom is 0.422 e. The number of hydrogen-bond donors (Lipinski definition) is 1. The van der Waals surface area contributed by atoms with Gasteiger partial charge >= 0.3 is 6.09 Å². The van der Waals surface area contributed by atoms with Gasteiger partial charge in [-0.1, -0.05) is 13.8 Å². The van der Waals surface area contributed by atoms with Crippen LogP contribution in [0.2, 0.25) is 0 Å². The number of amides is 1. The molecule has 0 unspecified atom stereocenters. The van der Waals surface area contributed by atoms with Crippen molar-refractivity contribution in [2.24, 2.45) is 5.92 Å². The molecule has 0 bridgehead atoms. The first kappa shape index (κ1) is 14.9. The van der Waals surface area contributed by atoms with Crippen LogP contribution < -0.4 is 5.43 Å². The predicted octanol–water partition coefficient (Wildman–Crippen LogP) is 1.58. The molecular weight excluding hydrogens is 208 g/mol. The van der Waals surface area contributed by atoms with Gasteiger partial charge in [0.25, 0.3) is 0 Å². The molecule has 0 aromatic carbocycles. The Morgan fingerprint density at radius 1 is 1.44 bits per heavy atom. The summed E-state index contributed by atoms with van der Waals surface area (Å²) in [7, 11) is 0. The van der Waals surface area contributed by atoms with E-state index in [0.29, 0.717) is 12.5 Å². The molecule has 5 nitrogen and oxygen atoms in total. The summed E-state index contributed by atoms with van der Waals surface area (Å²) < 4.78 is 5.09. The second-order valence-corrected chi connectivity index (χ2v) is 5.08. The molecule has 94 valence electrons. The van der Waals surface area contributed by atoms with Crippen molar-refractivity contribution in [3.63, 3.8) is 0 Å². The third-order valence-corrected chi connectivity index (χ3v) is 1.53. The molecule has 0 aliphatic heterocycles. The summed E-state index contributed by atoms with van der Waals surface area (Å²) in [6.45, 7) is 10.2. The molecule has 0 aliphatic rings. The third-order valence-electron chi connectivity index (χ3n) is 1.53. The zero-order valence-electron chi connectivity index (χ0n) is 10.7. The maximum absolute atomic E-state index is 11.4. The number of aldehydes is 1. The SMILES string of the molecule is CC(C)CN(CC=O)NC(=O)OC(C)(C)C. The van der Waals surface area contributed by atoms with E-state index >= 15 is 0 Å². The highest BCUT2D eigenvalue weighted by molar-refractivity contribution is 5.67. The average molecular weight is 230 g/mol. The Kier molecular flexibility index (Phi) is 6.03. The summed E-state index contributed by atoms with van der Waals surface area (Å²) in [5, 5.41) is 1.55. The molecule has 0 saturated carbocycles. The number of hydrazine groups is 1. The monoisotopic (exact) mass is 230 g/mol. The largest absolute Gasteiger partial charge is 0.443 e. The van der Waals surface area contributed by atoms with Crippen LogP contribution in [-0.4, -0.2) is 36.1 Å². The fourth-order valence-corrected chi connectivity index (χ4v) is 1.13. The highest BCUT2D eigenvalue weighted by Crippen LogP contribution is 2.06. The zero-order valence-corrected chi connectivity index (χ0v) is 10.7. The second-order valence-electron chi connectivity index (χ2n) is 5.08. The lowest BCUT2D eigenvalue weighted by Gasteiger charge is -2.25. The van der Waals surface area contributed by atoms with Crippen LogP contribution in [0.15, 0.2) is 0 Å². The van der Waals surface area contributed by atoms with Gasteiger partial charge in [0.2, 0.25) is 0 Å². The Bertz CT molecular complexity index is 234. The number of carbonyl (C=O) groups excluding carboxylic acids is 2. The van der Waals surface area contributed by atoms with Gasteiger partial charge in [0.1, 0.15) is 11.9 Å². The van der Waals surface area contributed by atoms with Crippen molar-refractivity contribution in [1.29, 1.82) is 0 Å². The van der Waals surface area contributed by atoms with E-state index in [1.165, 1.54) is 0 Å². The molecule has 0 aliphatic carbocycles. The van der Waals surface area contributed by atoms with Crippen LogP contribution in [0, 0.1) is 5.92 Å². The summed E-state index contributed by atoms with van der Waals surface area (Å²) in [6.07, 6.45) is 0.217. The van der Waals surface area contributed by atoms with Crippen LogP contribution in [0.4, 0.5) is 4.79 Å². The molecule has 0 heterocycles. The van der Waals surface area contributed by atoms with Crippen molar-refractivity contribution in [1.82, 2.24) is 10.4 Å². The number of hydrogen-bond acceptors (Lipinski definition) is 4. The van der Waals surface area contributed by atoms with Crippen molar-refractivity contribution < 1.29 is 14.3 Å². The van der Waals surface area contributed by atoms with E-state index in [1.807, 2.05) is 13.8 Å². The van der Waals surface area contributed by atoms with Gasteiger partial charge in [0.15, 0.2) is 0 Å². The topological polar surface area (TPSA) is 58.6 Å². The van der Waals surface area contributed by atoms with Gasteiger partial charge in [-0.3, -0.25) is 5.43 Å². The Balaban J connectivity index is 4.17. The molecule has 0 spiro atoms. The number of nitrogens with zero attached hydrogens (tertiary/aromatic N) is 1. The van der Waals surface area contributed by atoms with E-state index in [4.69, 9.17) is 4.74 Å². The number of ether oxygens (including phenoxy) is 1. The van der Waals surface area contributed by atoms with Gasteiger partial charge in [0, 0.05) is 6.54 Å². The molecule has 1 amide bonds. The van der Waals surface area contributed by atoms with E-state index in [1.54, 1.807) is 25.8 Å². The zero-order chi connectivity index (χ0) is 12.8. The van der Waals surface area contributed by atoms with E-state index in [0.717, 1.165) is 6.29 Å². The molecule has 16 heavy (non-hydrogen) atoms. The molecule has 0 radical (unpaired) electrons. The molecule has 0 aromatic rings. The van der Waals surface area contributed by atoms with Crippen molar-refractivity contribution in [3.8, 4) is 0 Å². The standard InChI is InChI=1S/C11H22N2O3/c1-9(2)8-13(6-7-14)12-10(15)16-11(3,4)5/h7,9H,6,8H2,1-5H3,(H,12,15). The van der Waals surface area contributed by atoms with Crippen LogP contribution in [0.25, 0.3) is 0 Å². The quantitative estimate of drug-likeness (QED) is 0.575. The van der Waals surface area contributed by atoms with Crippen molar-refractivity contribution in [2.45, 2.75) is 40.2 Å². The molecule has 0 saturated heterocycles. The highest BCUT2D eigenvalue weighted by atomic mass is 16.6. The third kappa shape index (κ3) is 8.23. The summed E-state index contributed by atoms with van der Waals surface area (Å²) in [4.78, 5) is 21.9. The predicted molar refractivity (Wildman–Crippen MR) is 61.8 cm³/mol. The second kappa shape index (κ2) is 6.48. The number of rotatable bonds is 5. The summed E-state index contributed by atoms with van der Waals surface area (Å²) in [6, 6.07) is 0. The smallest absolute Gasteiger partial charge is 0.422 e. The minimum atomic E-state index is -0.533. The van der Waals surface area contributed by atoms with Crippen molar-refractivity contribution >= 4 is 12.4 Å². The van der Waals surface area contributed by atoms with Gasteiger partial charge in [-0.05, 0) is 26.7 Å². The molecule has 0 fully saturated rings. The van der Waals surface area contributed by atoms with Gasteiger partial charge in [-0.2, -0.15) is 0 Å². The summed E-state index contributed by atoms with van der Waals surface area (Å²) in [5.74, 6) is 0.356.